The van der Waals surface area contributed by atoms with Crippen LogP contribution in [0.25, 0.3) is 11.1 Å². The number of aliphatic hydroxyl groups is 2. The smallest absolute Gasteiger partial charge is 0.339 e. The van der Waals surface area contributed by atoms with Gasteiger partial charge in [0, 0.05) is 11.1 Å². The molecule has 0 radical (unpaired) electrons. The number of hydrogen-bond acceptors (Lipinski definition) is 18. The lowest BCUT2D eigenvalue weighted by molar-refractivity contribution is -0.284. The first-order valence-electron chi connectivity index (χ1n) is 12.5. The summed E-state index contributed by atoms with van der Waals surface area (Å²) in [5.41, 5.74) is -3.93. The first-order valence-corrected chi connectivity index (χ1v) is 12.5. The molecule has 0 spiro atoms. The van der Waals surface area contributed by atoms with E-state index in [0.717, 1.165) is 12.1 Å². The second-order valence-electron chi connectivity index (χ2n) is 9.79. The second kappa shape index (κ2) is 11.0. The molecule has 238 valence electrons. The second-order valence-corrected chi connectivity index (χ2v) is 9.79. The van der Waals surface area contributed by atoms with Crippen LogP contribution in [0.15, 0.2) is 24.3 Å². The number of fused-ring (bicyclic) bond motifs is 4. The van der Waals surface area contributed by atoms with Gasteiger partial charge in [-0.25, -0.2) is 14.4 Å². The number of phenols is 9. The molecule has 3 aromatic rings. The predicted molar refractivity (Wildman–Crippen MR) is 139 cm³/mol. The maximum atomic E-state index is 13.4. The molecule has 0 amide bonds. The van der Waals surface area contributed by atoms with Gasteiger partial charge in [-0.2, -0.15) is 0 Å². The monoisotopic (exact) mass is 634 g/mol. The fraction of sp³-hybridized carbons (Fsp3) is 0.222. The quantitative estimate of drug-likeness (QED) is 0.100. The molecule has 5 atom stereocenters. The third-order valence-electron chi connectivity index (χ3n) is 7.00. The Morgan fingerprint density at radius 3 is 1.58 bits per heavy atom. The van der Waals surface area contributed by atoms with E-state index in [0.29, 0.717) is 12.1 Å². The van der Waals surface area contributed by atoms with E-state index in [1.165, 1.54) is 0 Å². The molecule has 18 nitrogen and oxygen atoms in total. The van der Waals surface area contributed by atoms with Crippen LogP contribution in [0.1, 0.15) is 31.1 Å². The molecule has 2 aliphatic rings. The summed E-state index contributed by atoms with van der Waals surface area (Å²) in [6.45, 7) is -0.885. The lowest BCUT2D eigenvalue weighted by Crippen LogP contribution is -2.61. The summed E-state index contributed by atoms with van der Waals surface area (Å²) < 4.78 is 20.7. The number of hydrogen-bond donors (Lipinski definition) is 11. The molecule has 1 fully saturated rings. The summed E-state index contributed by atoms with van der Waals surface area (Å²) in [7, 11) is 0. The van der Waals surface area contributed by atoms with E-state index in [2.05, 4.69) is 0 Å². The average molecular weight is 634 g/mol. The first-order chi connectivity index (χ1) is 21.1. The van der Waals surface area contributed by atoms with Gasteiger partial charge in [0.05, 0.1) is 16.7 Å². The summed E-state index contributed by atoms with van der Waals surface area (Å²) in [6, 6.07) is 2.59. The third kappa shape index (κ3) is 5.07. The number of phenolic OH excluding ortho intramolecular Hbond substituents is 9. The minimum atomic E-state index is -2.22. The molecule has 3 aromatic carbocycles. The molecular weight excluding hydrogens is 612 g/mol. The number of ether oxygens (including phenoxy) is 4. The number of rotatable bonds is 3. The number of esters is 3. The first kappa shape index (κ1) is 30.6. The van der Waals surface area contributed by atoms with Crippen LogP contribution in [0.4, 0.5) is 0 Å². The molecule has 2 heterocycles. The minimum absolute atomic E-state index is 0.457. The van der Waals surface area contributed by atoms with Crippen LogP contribution in [-0.2, 0) is 18.9 Å². The Hall–Kier alpha value is -5.85. The van der Waals surface area contributed by atoms with Crippen molar-refractivity contribution >= 4 is 17.9 Å². The molecular formula is C27H22O18. The SMILES string of the molecule is O=C(OC[C@H]1OC(O)[C@@H]2OC(=O)c3cc(O)c(O)c(O)c3-c3c(cc(O)c(O)c3O)C(=O)O[C@H]2[C@@H]1O)c1cc(O)c(O)c(O)c1. The van der Waals surface area contributed by atoms with E-state index in [4.69, 9.17) is 18.9 Å². The van der Waals surface area contributed by atoms with Gasteiger partial charge in [0.15, 0.2) is 58.7 Å². The van der Waals surface area contributed by atoms with Crippen molar-refractivity contribution in [2.75, 3.05) is 6.61 Å². The van der Waals surface area contributed by atoms with E-state index in [-0.39, 0.29) is 0 Å². The Morgan fingerprint density at radius 1 is 0.644 bits per heavy atom. The van der Waals surface area contributed by atoms with Crippen LogP contribution in [0, 0.1) is 0 Å². The highest BCUT2D eigenvalue weighted by atomic mass is 16.7. The lowest BCUT2D eigenvalue weighted by atomic mass is 9.91. The largest absolute Gasteiger partial charge is 0.504 e. The van der Waals surface area contributed by atoms with Crippen molar-refractivity contribution in [3.8, 4) is 62.9 Å². The fourth-order valence-electron chi connectivity index (χ4n) is 4.76. The van der Waals surface area contributed by atoms with Crippen molar-refractivity contribution < 1.29 is 89.5 Å². The van der Waals surface area contributed by atoms with E-state index in [9.17, 15) is 70.6 Å². The van der Waals surface area contributed by atoms with Gasteiger partial charge >= 0.3 is 17.9 Å². The van der Waals surface area contributed by atoms with Gasteiger partial charge in [0.1, 0.15) is 18.8 Å². The minimum Gasteiger partial charge on any atom is -0.504 e. The highest BCUT2D eigenvalue weighted by molar-refractivity contribution is 6.08. The molecule has 5 rings (SSSR count). The predicted octanol–water partition coefficient (Wildman–Crippen LogP) is -0.297. The van der Waals surface area contributed by atoms with Crippen LogP contribution >= 0.6 is 0 Å². The van der Waals surface area contributed by atoms with Crippen molar-refractivity contribution in [1.82, 2.24) is 0 Å². The highest BCUT2D eigenvalue weighted by Gasteiger charge is 2.51. The molecule has 0 aromatic heterocycles. The molecule has 18 heteroatoms. The van der Waals surface area contributed by atoms with Crippen molar-refractivity contribution in [3.05, 3.63) is 41.0 Å². The van der Waals surface area contributed by atoms with Crippen LogP contribution in [0.3, 0.4) is 0 Å². The Bertz CT molecular complexity index is 1730. The van der Waals surface area contributed by atoms with Gasteiger partial charge in [-0.3, -0.25) is 0 Å². The summed E-state index contributed by atoms with van der Waals surface area (Å²) >= 11 is 0. The zero-order chi connectivity index (χ0) is 33.1. The average Bonchev–Trinajstić information content (AvgIpc) is 2.99. The zero-order valence-corrected chi connectivity index (χ0v) is 22.2. The van der Waals surface area contributed by atoms with E-state index in [1.807, 2.05) is 0 Å². The Balaban J connectivity index is 1.53. The van der Waals surface area contributed by atoms with Crippen LogP contribution in [0.5, 0.6) is 51.7 Å². The molecule has 1 unspecified atom stereocenters. The molecule has 0 saturated carbocycles. The van der Waals surface area contributed by atoms with Crippen molar-refractivity contribution in [3.63, 3.8) is 0 Å². The maximum absolute atomic E-state index is 13.4. The van der Waals surface area contributed by atoms with Gasteiger partial charge in [-0.15, -0.1) is 0 Å². The standard InChI is InChI=1S/C27H22O18/c28-9-1-6(2-10(29)16(9)32)24(38)42-5-13-19(35)22-23(27(41)43-13)45-26(40)8-4-12(31)18(34)21(37)15(8)14-7(25(39)44-22)3-11(30)17(33)20(14)36/h1-4,13,19,22-23,27-37,41H,5H2/t13-,19-,22+,23-,27?/m1/s1. The maximum Gasteiger partial charge on any atom is 0.339 e. The summed E-state index contributed by atoms with van der Waals surface area (Å²) in [6.07, 6.45) is -10.1. The van der Waals surface area contributed by atoms with Gasteiger partial charge < -0.3 is 75.1 Å². The summed E-state index contributed by atoms with van der Waals surface area (Å²) in [4.78, 5) is 39.2. The van der Waals surface area contributed by atoms with E-state index < -0.39 is 135 Å². The van der Waals surface area contributed by atoms with Crippen LogP contribution in [0.2, 0.25) is 0 Å². The number of aliphatic hydroxyl groups excluding tert-OH is 2. The molecule has 1 saturated heterocycles. The topological polar surface area (TPSA) is 311 Å². The molecule has 11 N–H and O–H groups in total. The van der Waals surface area contributed by atoms with E-state index >= 15 is 0 Å². The van der Waals surface area contributed by atoms with Crippen LogP contribution < -0.4 is 0 Å². The molecule has 0 bridgehead atoms. The van der Waals surface area contributed by atoms with Crippen LogP contribution in [-0.4, -0.2) is 111 Å². The normalized spacial score (nSPS) is 22.7. The third-order valence-corrected chi connectivity index (χ3v) is 7.00. The van der Waals surface area contributed by atoms with Gasteiger partial charge in [-0.05, 0) is 24.3 Å². The fourth-order valence-corrected chi connectivity index (χ4v) is 4.76. The van der Waals surface area contributed by atoms with Gasteiger partial charge in [-0.1, -0.05) is 0 Å². The lowest BCUT2D eigenvalue weighted by Gasteiger charge is -2.41. The Morgan fingerprint density at radius 2 is 1.09 bits per heavy atom. The summed E-state index contributed by atoms with van der Waals surface area (Å²) in [5.74, 6) is -14.1. The number of carbonyl (C=O) groups excluding carboxylic acids is 3. The van der Waals surface area contributed by atoms with Crippen molar-refractivity contribution in [2.24, 2.45) is 0 Å². The van der Waals surface area contributed by atoms with Gasteiger partial charge in [0.2, 0.25) is 11.5 Å². The van der Waals surface area contributed by atoms with E-state index in [1.54, 1.807) is 0 Å². The molecule has 0 aliphatic carbocycles. The number of benzene rings is 3. The summed E-state index contributed by atoms with van der Waals surface area (Å²) in [5, 5.41) is 112. The number of carbonyl (C=O) groups is 3. The highest BCUT2D eigenvalue weighted by Crippen LogP contribution is 2.53. The molecule has 45 heavy (non-hydrogen) atoms. The Labute approximate surface area is 248 Å². The van der Waals surface area contributed by atoms with Gasteiger partial charge in [0.25, 0.3) is 0 Å². The Kier molecular flexibility index (Phi) is 7.49. The number of aromatic hydroxyl groups is 9. The van der Waals surface area contributed by atoms with Crippen molar-refractivity contribution in [2.45, 2.75) is 30.7 Å². The molecule has 2 aliphatic heterocycles. The van der Waals surface area contributed by atoms with Crippen molar-refractivity contribution in [1.29, 1.82) is 0 Å². The zero-order valence-electron chi connectivity index (χ0n) is 22.2.